The molecule has 1 aliphatic rings. The standard InChI is InChI=1S/C22H24N4O3S/c1-17-8-10-20(11-9-17)30(28,29)25-14-12-24(13-15-25)22(27)21-16-18(2)26(23-21)19-6-4-3-5-7-19/h3-11,16H,12-15H2,1-2H3. The number of amides is 1. The molecule has 0 unspecified atom stereocenters. The van der Waals surface area contributed by atoms with Gasteiger partial charge < -0.3 is 4.90 Å². The first kappa shape index (κ1) is 20.3. The van der Waals surface area contributed by atoms with E-state index in [1.54, 1.807) is 39.9 Å². The molecule has 1 aliphatic heterocycles. The molecule has 0 N–H and O–H groups in total. The zero-order chi connectivity index (χ0) is 21.3. The number of para-hydroxylation sites is 1. The van der Waals surface area contributed by atoms with Crippen LogP contribution < -0.4 is 0 Å². The fourth-order valence-corrected chi connectivity index (χ4v) is 4.98. The van der Waals surface area contributed by atoms with Crippen molar-refractivity contribution < 1.29 is 13.2 Å². The van der Waals surface area contributed by atoms with Crippen LogP contribution in [0.2, 0.25) is 0 Å². The van der Waals surface area contributed by atoms with Crippen LogP contribution in [0.4, 0.5) is 0 Å². The predicted molar refractivity (Wildman–Crippen MR) is 114 cm³/mol. The predicted octanol–water partition coefficient (Wildman–Crippen LogP) is 2.64. The van der Waals surface area contributed by atoms with Crippen molar-refractivity contribution in [3.8, 4) is 5.69 Å². The van der Waals surface area contributed by atoms with Gasteiger partial charge in [-0.3, -0.25) is 4.79 Å². The Bertz CT molecular complexity index is 1150. The summed E-state index contributed by atoms with van der Waals surface area (Å²) in [5, 5.41) is 4.47. The highest BCUT2D eigenvalue weighted by Gasteiger charge is 2.31. The average molecular weight is 425 g/mol. The molecule has 1 aromatic heterocycles. The number of carbonyl (C=O) groups excluding carboxylic acids is 1. The van der Waals surface area contributed by atoms with Crippen molar-refractivity contribution in [2.24, 2.45) is 0 Å². The van der Waals surface area contributed by atoms with Gasteiger partial charge in [0.05, 0.1) is 10.6 Å². The van der Waals surface area contributed by atoms with Gasteiger partial charge in [-0.2, -0.15) is 9.40 Å². The Balaban J connectivity index is 1.46. The van der Waals surface area contributed by atoms with Crippen molar-refractivity contribution >= 4 is 15.9 Å². The molecule has 8 heteroatoms. The van der Waals surface area contributed by atoms with E-state index in [1.807, 2.05) is 44.2 Å². The molecule has 0 spiro atoms. The summed E-state index contributed by atoms with van der Waals surface area (Å²) in [5.74, 6) is -0.180. The summed E-state index contributed by atoms with van der Waals surface area (Å²) in [6, 6.07) is 18.2. The minimum atomic E-state index is -3.56. The molecule has 0 saturated carbocycles. The number of rotatable bonds is 4. The van der Waals surface area contributed by atoms with Crippen LogP contribution in [0.15, 0.2) is 65.6 Å². The van der Waals surface area contributed by atoms with Gasteiger partial charge in [-0.05, 0) is 44.2 Å². The minimum Gasteiger partial charge on any atom is -0.335 e. The molecule has 3 aromatic rings. The maximum Gasteiger partial charge on any atom is 0.274 e. The number of hydrogen-bond acceptors (Lipinski definition) is 4. The molecule has 156 valence electrons. The molecule has 2 heterocycles. The summed E-state index contributed by atoms with van der Waals surface area (Å²) in [4.78, 5) is 14.9. The maximum atomic E-state index is 12.9. The van der Waals surface area contributed by atoms with E-state index in [4.69, 9.17) is 0 Å². The Kier molecular flexibility index (Phi) is 5.44. The number of benzene rings is 2. The molecule has 30 heavy (non-hydrogen) atoms. The Morgan fingerprint density at radius 3 is 2.17 bits per heavy atom. The number of nitrogens with zero attached hydrogens (tertiary/aromatic N) is 4. The van der Waals surface area contributed by atoms with Crippen LogP contribution in [0.25, 0.3) is 5.69 Å². The third-order valence-electron chi connectivity index (χ3n) is 5.29. The lowest BCUT2D eigenvalue weighted by atomic mass is 10.2. The fraction of sp³-hybridized carbons (Fsp3) is 0.273. The van der Waals surface area contributed by atoms with E-state index < -0.39 is 10.0 Å². The van der Waals surface area contributed by atoms with Crippen LogP contribution in [-0.4, -0.2) is 59.5 Å². The maximum absolute atomic E-state index is 12.9. The van der Waals surface area contributed by atoms with E-state index in [-0.39, 0.29) is 23.9 Å². The monoisotopic (exact) mass is 424 g/mol. The average Bonchev–Trinajstić information content (AvgIpc) is 3.16. The molecule has 1 saturated heterocycles. The summed E-state index contributed by atoms with van der Waals surface area (Å²) in [6.45, 7) is 5.02. The molecular weight excluding hydrogens is 400 g/mol. The molecular formula is C22H24N4O3S. The molecule has 7 nitrogen and oxygen atoms in total. The first-order chi connectivity index (χ1) is 14.4. The van der Waals surface area contributed by atoms with Crippen molar-refractivity contribution in [3.63, 3.8) is 0 Å². The van der Waals surface area contributed by atoms with Gasteiger partial charge in [0, 0.05) is 31.9 Å². The van der Waals surface area contributed by atoms with Crippen LogP contribution >= 0.6 is 0 Å². The van der Waals surface area contributed by atoms with E-state index in [1.165, 1.54) is 4.31 Å². The van der Waals surface area contributed by atoms with Gasteiger partial charge in [0.15, 0.2) is 5.69 Å². The second kappa shape index (κ2) is 8.04. The fourth-order valence-electron chi connectivity index (χ4n) is 3.56. The first-order valence-electron chi connectivity index (χ1n) is 9.84. The number of hydrogen-bond donors (Lipinski definition) is 0. The van der Waals surface area contributed by atoms with Crippen molar-refractivity contribution in [3.05, 3.63) is 77.6 Å². The van der Waals surface area contributed by atoms with Gasteiger partial charge in [-0.25, -0.2) is 13.1 Å². The van der Waals surface area contributed by atoms with E-state index in [9.17, 15) is 13.2 Å². The van der Waals surface area contributed by atoms with Crippen molar-refractivity contribution in [2.75, 3.05) is 26.2 Å². The van der Waals surface area contributed by atoms with Gasteiger partial charge in [-0.15, -0.1) is 0 Å². The Morgan fingerprint density at radius 2 is 1.53 bits per heavy atom. The molecule has 1 amide bonds. The lowest BCUT2D eigenvalue weighted by Gasteiger charge is -2.33. The second-order valence-corrected chi connectivity index (χ2v) is 9.37. The lowest BCUT2D eigenvalue weighted by Crippen LogP contribution is -2.50. The number of carbonyl (C=O) groups is 1. The summed E-state index contributed by atoms with van der Waals surface area (Å²) in [6.07, 6.45) is 0. The molecule has 1 fully saturated rings. The highest BCUT2D eigenvalue weighted by Crippen LogP contribution is 2.19. The van der Waals surface area contributed by atoms with Gasteiger partial charge in [-0.1, -0.05) is 35.9 Å². The van der Waals surface area contributed by atoms with E-state index >= 15 is 0 Å². The third kappa shape index (κ3) is 3.88. The van der Waals surface area contributed by atoms with Crippen LogP contribution in [0.3, 0.4) is 0 Å². The Morgan fingerprint density at radius 1 is 0.900 bits per heavy atom. The van der Waals surface area contributed by atoms with Gasteiger partial charge in [0.2, 0.25) is 10.0 Å². The second-order valence-electron chi connectivity index (χ2n) is 7.43. The summed E-state index contributed by atoms with van der Waals surface area (Å²) in [5.41, 5.74) is 3.13. The normalized spacial score (nSPS) is 15.3. The lowest BCUT2D eigenvalue weighted by molar-refractivity contribution is 0.0691. The van der Waals surface area contributed by atoms with Crippen LogP contribution in [0.1, 0.15) is 21.7 Å². The molecule has 0 aliphatic carbocycles. The smallest absolute Gasteiger partial charge is 0.274 e. The summed E-state index contributed by atoms with van der Waals surface area (Å²) in [7, 11) is -3.56. The van der Waals surface area contributed by atoms with Crippen molar-refractivity contribution in [1.29, 1.82) is 0 Å². The molecule has 0 atom stereocenters. The molecule has 4 rings (SSSR count). The zero-order valence-corrected chi connectivity index (χ0v) is 17.8. The third-order valence-corrected chi connectivity index (χ3v) is 7.20. The van der Waals surface area contributed by atoms with Crippen molar-refractivity contribution in [2.45, 2.75) is 18.7 Å². The van der Waals surface area contributed by atoms with Gasteiger partial charge in [0.25, 0.3) is 5.91 Å². The number of sulfonamides is 1. The van der Waals surface area contributed by atoms with E-state index in [2.05, 4.69) is 5.10 Å². The largest absolute Gasteiger partial charge is 0.335 e. The number of piperazine rings is 1. The molecule has 2 aromatic carbocycles. The Labute approximate surface area is 176 Å². The summed E-state index contributed by atoms with van der Waals surface area (Å²) >= 11 is 0. The highest BCUT2D eigenvalue weighted by molar-refractivity contribution is 7.89. The topological polar surface area (TPSA) is 75.5 Å². The van der Waals surface area contributed by atoms with E-state index in [0.29, 0.717) is 18.8 Å². The first-order valence-corrected chi connectivity index (χ1v) is 11.3. The zero-order valence-electron chi connectivity index (χ0n) is 17.0. The number of aromatic nitrogens is 2. The van der Waals surface area contributed by atoms with Gasteiger partial charge >= 0.3 is 0 Å². The summed E-state index contributed by atoms with van der Waals surface area (Å²) < 4.78 is 28.9. The molecule has 0 bridgehead atoms. The quantitative estimate of drug-likeness (QED) is 0.645. The van der Waals surface area contributed by atoms with Crippen molar-refractivity contribution in [1.82, 2.24) is 19.0 Å². The van der Waals surface area contributed by atoms with Crippen LogP contribution in [-0.2, 0) is 10.0 Å². The number of aryl methyl sites for hydroxylation is 2. The van der Waals surface area contributed by atoms with Crippen LogP contribution in [0.5, 0.6) is 0 Å². The SMILES string of the molecule is Cc1ccc(S(=O)(=O)N2CCN(C(=O)c3cc(C)n(-c4ccccc4)n3)CC2)cc1. The Hall–Kier alpha value is -2.97. The molecule has 0 radical (unpaired) electrons. The van der Waals surface area contributed by atoms with Crippen LogP contribution in [0, 0.1) is 13.8 Å². The van der Waals surface area contributed by atoms with Gasteiger partial charge in [0.1, 0.15) is 0 Å². The van der Waals surface area contributed by atoms with E-state index in [0.717, 1.165) is 16.9 Å². The minimum absolute atomic E-state index is 0.180. The highest BCUT2D eigenvalue weighted by atomic mass is 32.2.